The number of carbonyl (C=O) groups is 1. The van der Waals surface area contributed by atoms with E-state index < -0.39 is 0 Å². The lowest BCUT2D eigenvalue weighted by molar-refractivity contribution is -0.113. The van der Waals surface area contributed by atoms with Crippen molar-refractivity contribution >= 4 is 29.0 Å². The smallest absolute Gasteiger partial charge is 0.234 e. The van der Waals surface area contributed by atoms with Crippen LogP contribution in [0.15, 0.2) is 24.3 Å². The van der Waals surface area contributed by atoms with Gasteiger partial charge in [0.05, 0.1) is 5.75 Å². The van der Waals surface area contributed by atoms with Crippen LogP contribution in [0.1, 0.15) is 32.6 Å². The van der Waals surface area contributed by atoms with Crippen LogP contribution in [-0.2, 0) is 4.79 Å². The van der Waals surface area contributed by atoms with Crippen molar-refractivity contribution in [2.75, 3.05) is 34.8 Å². The first-order valence-electron chi connectivity index (χ1n) is 7.52. The molecule has 0 atom stereocenters. The molecule has 4 heteroatoms. The Morgan fingerprint density at radius 1 is 1.20 bits per heavy atom. The lowest BCUT2D eigenvalue weighted by atomic mass is 10.1. The molecule has 1 aliphatic rings. The van der Waals surface area contributed by atoms with Gasteiger partial charge < -0.3 is 10.2 Å². The van der Waals surface area contributed by atoms with Gasteiger partial charge in [-0.05, 0) is 55.7 Å². The van der Waals surface area contributed by atoms with E-state index in [0.717, 1.165) is 31.0 Å². The zero-order valence-corrected chi connectivity index (χ0v) is 13.0. The molecule has 1 aliphatic heterocycles. The maximum absolute atomic E-state index is 11.7. The Bertz CT molecular complexity index is 413. The number of nitrogens with one attached hydrogen (secondary N) is 1. The maximum atomic E-state index is 11.7. The number of nitrogens with zero attached hydrogens (tertiary/aromatic N) is 1. The van der Waals surface area contributed by atoms with Gasteiger partial charge in [0.2, 0.25) is 5.91 Å². The van der Waals surface area contributed by atoms with E-state index in [1.54, 1.807) is 11.8 Å². The number of piperidine rings is 1. The van der Waals surface area contributed by atoms with Gasteiger partial charge >= 0.3 is 0 Å². The standard InChI is InChI=1S/C16H24N2OS/c1-2-12-20-13-16(19)17-14-6-8-15(9-7-14)18-10-4-3-5-11-18/h6-9H,2-5,10-13H2,1H3,(H,17,19). The van der Waals surface area contributed by atoms with Crippen LogP contribution < -0.4 is 10.2 Å². The van der Waals surface area contributed by atoms with Crippen LogP contribution in [0.2, 0.25) is 0 Å². The summed E-state index contributed by atoms with van der Waals surface area (Å²) < 4.78 is 0. The monoisotopic (exact) mass is 292 g/mol. The highest BCUT2D eigenvalue weighted by Crippen LogP contribution is 2.21. The molecule has 0 spiro atoms. The molecule has 1 saturated heterocycles. The number of benzene rings is 1. The third-order valence-electron chi connectivity index (χ3n) is 3.45. The summed E-state index contributed by atoms with van der Waals surface area (Å²) in [5, 5.41) is 2.95. The summed E-state index contributed by atoms with van der Waals surface area (Å²) in [6.45, 7) is 4.43. The van der Waals surface area contributed by atoms with E-state index in [4.69, 9.17) is 0 Å². The zero-order chi connectivity index (χ0) is 14.2. The Morgan fingerprint density at radius 2 is 1.90 bits per heavy atom. The van der Waals surface area contributed by atoms with Crippen molar-refractivity contribution in [3.8, 4) is 0 Å². The van der Waals surface area contributed by atoms with E-state index >= 15 is 0 Å². The highest BCUT2D eigenvalue weighted by atomic mass is 32.2. The molecule has 0 aliphatic carbocycles. The average molecular weight is 292 g/mol. The summed E-state index contributed by atoms with van der Waals surface area (Å²) in [7, 11) is 0. The first-order valence-corrected chi connectivity index (χ1v) is 8.67. The second-order valence-corrected chi connectivity index (χ2v) is 6.30. The van der Waals surface area contributed by atoms with E-state index in [0.29, 0.717) is 5.75 Å². The number of carbonyl (C=O) groups excluding carboxylic acids is 1. The number of amides is 1. The minimum absolute atomic E-state index is 0.0918. The number of rotatable bonds is 6. The predicted molar refractivity (Wildman–Crippen MR) is 88.8 cm³/mol. The summed E-state index contributed by atoms with van der Waals surface area (Å²) >= 11 is 1.69. The van der Waals surface area contributed by atoms with Gasteiger partial charge in [0.15, 0.2) is 0 Å². The lowest BCUT2D eigenvalue weighted by Gasteiger charge is -2.28. The number of hydrogen-bond donors (Lipinski definition) is 1. The Labute approximate surface area is 126 Å². The van der Waals surface area contributed by atoms with Crippen LogP contribution in [-0.4, -0.2) is 30.5 Å². The average Bonchev–Trinajstić information content (AvgIpc) is 2.49. The molecule has 3 nitrogen and oxygen atoms in total. The Morgan fingerprint density at radius 3 is 2.55 bits per heavy atom. The Hall–Kier alpha value is -1.16. The molecule has 1 aromatic carbocycles. The number of thioether (sulfide) groups is 1. The van der Waals surface area contributed by atoms with E-state index in [9.17, 15) is 4.79 Å². The third kappa shape index (κ3) is 4.75. The normalized spacial score (nSPS) is 15.2. The minimum atomic E-state index is 0.0918. The van der Waals surface area contributed by atoms with Gasteiger partial charge in [0.25, 0.3) is 0 Å². The van der Waals surface area contributed by atoms with Gasteiger partial charge in [0, 0.05) is 24.5 Å². The molecule has 110 valence electrons. The van der Waals surface area contributed by atoms with Gasteiger partial charge in [-0.25, -0.2) is 0 Å². The second kappa shape index (κ2) is 8.20. The Balaban J connectivity index is 1.83. The molecule has 0 saturated carbocycles. The minimum Gasteiger partial charge on any atom is -0.372 e. The number of anilines is 2. The summed E-state index contributed by atoms with van der Waals surface area (Å²) in [6, 6.07) is 8.24. The van der Waals surface area contributed by atoms with Crippen molar-refractivity contribution in [3.63, 3.8) is 0 Å². The Kier molecular flexibility index (Phi) is 6.25. The largest absolute Gasteiger partial charge is 0.372 e. The molecule has 1 amide bonds. The molecule has 20 heavy (non-hydrogen) atoms. The molecule has 1 N–H and O–H groups in total. The quantitative estimate of drug-likeness (QED) is 0.810. The van der Waals surface area contributed by atoms with Crippen LogP contribution in [0.4, 0.5) is 11.4 Å². The summed E-state index contributed by atoms with van der Waals surface area (Å²) in [5.74, 6) is 1.68. The third-order valence-corrected chi connectivity index (χ3v) is 4.62. The van der Waals surface area contributed by atoms with E-state index in [-0.39, 0.29) is 5.91 Å². The number of hydrogen-bond acceptors (Lipinski definition) is 3. The maximum Gasteiger partial charge on any atom is 0.234 e. The van der Waals surface area contributed by atoms with E-state index in [1.807, 2.05) is 12.1 Å². The molecule has 0 bridgehead atoms. The molecule has 0 aromatic heterocycles. The first kappa shape index (κ1) is 15.2. The fourth-order valence-electron chi connectivity index (χ4n) is 2.41. The van der Waals surface area contributed by atoms with Gasteiger partial charge in [0.1, 0.15) is 0 Å². The van der Waals surface area contributed by atoms with Gasteiger partial charge in [-0.15, -0.1) is 0 Å². The van der Waals surface area contributed by atoms with Crippen LogP contribution >= 0.6 is 11.8 Å². The summed E-state index contributed by atoms with van der Waals surface area (Å²) in [4.78, 5) is 14.2. The highest BCUT2D eigenvalue weighted by Gasteiger charge is 2.10. The predicted octanol–water partition coefficient (Wildman–Crippen LogP) is 3.76. The van der Waals surface area contributed by atoms with Gasteiger partial charge in [-0.2, -0.15) is 11.8 Å². The van der Waals surface area contributed by atoms with Crippen LogP contribution in [0.5, 0.6) is 0 Å². The van der Waals surface area contributed by atoms with Gasteiger partial charge in [-0.1, -0.05) is 6.92 Å². The molecule has 1 fully saturated rings. The van der Waals surface area contributed by atoms with Crippen molar-refractivity contribution in [2.24, 2.45) is 0 Å². The molecule has 1 aromatic rings. The molecular weight excluding hydrogens is 268 g/mol. The fraction of sp³-hybridized carbons (Fsp3) is 0.562. The molecular formula is C16H24N2OS. The van der Waals surface area contributed by atoms with Crippen molar-refractivity contribution in [1.29, 1.82) is 0 Å². The molecule has 0 radical (unpaired) electrons. The summed E-state index contributed by atoms with van der Waals surface area (Å²) in [6.07, 6.45) is 5.03. The van der Waals surface area contributed by atoms with Crippen molar-refractivity contribution in [3.05, 3.63) is 24.3 Å². The second-order valence-electron chi connectivity index (χ2n) is 5.20. The fourth-order valence-corrected chi connectivity index (χ4v) is 3.10. The van der Waals surface area contributed by atoms with Crippen molar-refractivity contribution < 1.29 is 4.79 Å². The topological polar surface area (TPSA) is 32.3 Å². The van der Waals surface area contributed by atoms with Gasteiger partial charge in [-0.3, -0.25) is 4.79 Å². The SMILES string of the molecule is CCCSCC(=O)Nc1ccc(N2CCCCC2)cc1. The first-order chi connectivity index (χ1) is 9.79. The molecule has 1 heterocycles. The van der Waals surface area contributed by atoms with E-state index in [2.05, 4.69) is 29.3 Å². The van der Waals surface area contributed by atoms with Crippen LogP contribution in [0, 0.1) is 0 Å². The van der Waals surface area contributed by atoms with E-state index in [1.165, 1.54) is 24.9 Å². The van der Waals surface area contributed by atoms with Crippen molar-refractivity contribution in [1.82, 2.24) is 0 Å². The summed E-state index contributed by atoms with van der Waals surface area (Å²) in [5.41, 5.74) is 2.16. The molecule has 0 unspecified atom stereocenters. The molecule has 2 rings (SSSR count). The lowest BCUT2D eigenvalue weighted by Crippen LogP contribution is -2.29. The zero-order valence-electron chi connectivity index (χ0n) is 12.2. The van der Waals surface area contributed by atoms with Crippen molar-refractivity contribution in [2.45, 2.75) is 32.6 Å². The highest BCUT2D eigenvalue weighted by molar-refractivity contribution is 7.99. The van der Waals surface area contributed by atoms with Crippen LogP contribution in [0.3, 0.4) is 0 Å². The van der Waals surface area contributed by atoms with Crippen LogP contribution in [0.25, 0.3) is 0 Å².